The van der Waals surface area contributed by atoms with Crippen LogP contribution in [0.5, 0.6) is 0 Å². The smallest absolute Gasteiger partial charge is 0.102 e. The summed E-state index contributed by atoms with van der Waals surface area (Å²) < 4.78 is 0. The molecule has 0 unspecified atom stereocenters. The van der Waals surface area contributed by atoms with Crippen LogP contribution in [-0.4, -0.2) is 7.28 Å². The summed E-state index contributed by atoms with van der Waals surface area (Å²) in [4.78, 5) is 0. The molecule has 0 rings (SSSR count). The van der Waals surface area contributed by atoms with Gasteiger partial charge in [0.1, 0.15) is 7.28 Å². The van der Waals surface area contributed by atoms with Gasteiger partial charge >= 0.3 is 0 Å². The topological polar surface area (TPSA) is 0 Å². The summed E-state index contributed by atoms with van der Waals surface area (Å²) in [5.41, 5.74) is 0. The Morgan fingerprint density at radius 3 is 1.25 bits per heavy atom. The van der Waals surface area contributed by atoms with Crippen molar-refractivity contribution in [3.63, 3.8) is 0 Å². The summed E-state index contributed by atoms with van der Waals surface area (Å²) in [6, 6.07) is 0. The Morgan fingerprint density at radius 1 is 1.25 bits per heavy atom. The fourth-order valence-electron chi connectivity index (χ4n) is 0. The first-order valence-electron chi connectivity index (χ1n) is 1.15. The van der Waals surface area contributed by atoms with Crippen molar-refractivity contribution >= 4 is 31.3 Å². The lowest BCUT2D eigenvalue weighted by Gasteiger charge is -1.41. The molecule has 0 aliphatic heterocycles. The van der Waals surface area contributed by atoms with E-state index in [0.29, 0.717) is 0 Å². The monoisotopic (exact) mass is 169 g/mol. The molecule has 0 spiro atoms. The van der Waals surface area contributed by atoms with Crippen LogP contribution in [0, 0.1) is 0 Å². The first-order valence-corrected chi connectivity index (χ1v) is 1.15. The van der Waals surface area contributed by atoms with Gasteiger partial charge in [0.2, 0.25) is 0 Å². The lowest BCUT2D eigenvalue weighted by atomic mass is 9.88. The van der Waals surface area contributed by atoms with Crippen LogP contribution in [0.1, 0.15) is 0 Å². The molecule has 0 aromatic heterocycles. The van der Waals surface area contributed by atoms with Gasteiger partial charge in [-0.05, 0) is 0 Å². The van der Waals surface area contributed by atoms with Gasteiger partial charge in [-0.2, -0.15) is 0 Å². The van der Waals surface area contributed by atoms with E-state index in [9.17, 15) is 0 Å². The van der Waals surface area contributed by atoms with Crippen molar-refractivity contribution in [1.29, 1.82) is 0 Å². The zero-order chi connectivity index (χ0) is 2.71. The average molecular weight is 169 g/mol. The Hall–Kier alpha value is 0.795. The SMILES string of the molecule is C[B]C.I. The van der Waals surface area contributed by atoms with Crippen molar-refractivity contribution in [3.8, 4) is 0 Å². The molecule has 1 radical (unpaired) electrons. The highest BCUT2D eigenvalue weighted by molar-refractivity contribution is 14.0. The third kappa shape index (κ3) is 14.2. The van der Waals surface area contributed by atoms with Crippen molar-refractivity contribution in [3.05, 3.63) is 0 Å². The van der Waals surface area contributed by atoms with E-state index in [4.69, 9.17) is 0 Å². The molecular formula is C2H7BI. The van der Waals surface area contributed by atoms with E-state index in [-0.39, 0.29) is 24.0 Å². The Bertz CT molecular complexity index is 6.00. The van der Waals surface area contributed by atoms with Crippen molar-refractivity contribution in [1.82, 2.24) is 0 Å². The van der Waals surface area contributed by atoms with Gasteiger partial charge in [0.25, 0.3) is 0 Å². The fourth-order valence-corrected chi connectivity index (χ4v) is 0. The van der Waals surface area contributed by atoms with Gasteiger partial charge in [0.15, 0.2) is 0 Å². The lowest BCUT2D eigenvalue weighted by Crippen LogP contribution is -1.53. The Labute approximate surface area is 45.2 Å². The normalized spacial score (nSPS) is 3.50. The Morgan fingerprint density at radius 2 is 1.25 bits per heavy atom. The second-order valence-electron chi connectivity index (χ2n) is 0.577. The molecule has 0 atom stereocenters. The predicted octanol–water partition coefficient (Wildman–Crippen LogP) is 1.40. The van der Waals surface area contributed by atoms with Gasteiger partial charge < -0.3 is 0 Å². The molecule has 0 N–H and O–H groups in total. The zero-order valence-corrected chi connectivity index (χ0v) is 5.32. The van der Waals surface area contributed by atoms with E-state index in [2.05, 4.69) is 0 Å². The van der Waals surface area contributed by atoms with Gasteiger partial charge in [-0.25, -0.2) is 0 Å². The van der Waals surface area contributed by atoms with E-state index in [1.165, 1.54) is 0 Å². The van der Waals surface area contributed by atoms with Crippen LogP contribution in [-0.2, 0) is 0 Å². The van der Waals surface area contributed by atoms with E-state index >= 15 is 0 Å². The number of rotatable bonds is 0. The Kier molecular flexibility index (Phi) is 20.3. The van der Waals surface area contributed by atoms with Crippen LogP contribution >= 0.6 is 24.0 Å². The molecule has 0 fully saturated rings. The first kappa shape index (κ1) is 8.84. The molecule has 0 saturated heterocycles. The second kappa shape index (κ2) is 9.20. The van der Waals surface area contributed by atoms with Crippen LogP contribution in [0.2, 0.25) is 13.6 Å². The summed E-state index contributed by atoms with van der Waals surface area (Å²) in [7, 11) is 2.00. The van der Waals surface area contributed by atoms with Crippen LogP contribution in [0.15, 0.2) is 0 Å². The number of halogens is 1. The maximum atomic E-state index is 2.00. The van der Waals surface area contributed by atoms with E-state index in [1.54, 1.807) is 0 Å². The molecule has 0 bridgehead atoms. The highest BCUT2D eigenvalue weighted by Crippen LogP contribution is 1.36. The van der Waals surface area contributed by atoms with Gasteiger partial charge in [0, 0.05) is 0 Å². The molecule has 2 heteroatoms. The lowest BCUT2D eigenvalue weighted by molar-refractivity contribution is 2.14. The minimum absolute atomic E-state index is 0. The highest BCUT2D eigenvalue weighted by atomic mass is 127. The molecular weight excluding hydrogens is 162 g/mol. The van der Waals surface area contributed by atoms with Crippen molar-refractivity contribution in [2.24, 2.45) is 0 Å². The first-order chi connectivity index (χ1) is 1.41. The van der Waals surface area contributed by atoms with Crippen molar-refractivity contribution in [2.75, 3.05) is 0 Å². The van der Waals surface area contributed by atoms with Gasteiger partial charge in [0.05, 0.1) is 0 Å². The minimum atomic E-state index is 0. The largest absolute Gasteiger partial charge is 0.107 e. The molecule has 0 amide bonds. The number of hydrogen-bond donors (Lipinski definition) is 0. The number of hydrogen-bond acceptors (Lipinski definition) is 0. The van der Waals surface area contributed by atoms with Gasteiger partial charge in [-0.3, -0.25) is 0 Å². The fraction of sp³-hybridized carbons (Fsp3) is 1.00. The van der Waals surface area contributed by atoms with Crippen LogP contribution < -0.4 is 0 Å². The van der Waals surface area contributed by atoms with E-state index < -0.39 is 0 Å². The van der Waals surface area contributed by atoms with Crippen LogP contribution in [0.25, 0.3) is 0 Å². The molecule has 0 aliphatic carbocycles. The summed E-state index contributed by atoms with van der Waals surface area (Å²) in [5, 5.41) is 0. The summed E-state index contributed by atoms with van der Waals surface area (Å²) >= 11 is 0. The average Bonchev–Trinajstić information content (AvgIpc) is 0.918. The molecule has 0 saturated carbocycles. The molecule has 0 aromatic carbocycles. The Balaban J connectivity index is 0. The van der Waals surface area contributed by atoms with Crippen LogP contribution in [0.3, 0.4) is 0 Å². The maximum Gasteiger partial charge on any atom is 0.102 e. The predicted molar refractivity (Wildman–Crippen MR) is 32.9 cm³/mol. The third-order valence-corrected chi connectivity index (χ3v) is 0. The van der Waals surface area contributed by atoms with Crippen LogP contribution in [0.4, 0.5) is 0 Å². The zero-order valence-electron chi connectivity index (χ0n) is 2.99. The molecule has 0 aromatic rings. The third-order valence-electron chi connectivity index (χ3n) is 0. The second-order valence-corrected chi connectivity index (χ2v) is 0.577. The van der Waals surface area contributed by atoms with Crippen molar-refractivity contribution in [2.45, 2.75) is 13.6 Å². The van der Waals surface area contributed by atoms with Gasteiger partial charge in [-0.1, -0.05) is 13.6 Å². The molecule has 25 valence electrons. The van der Waals surface area contributed by atoms with E-state index in [0.717, 1.165) is 0 Å². The highest BCUT2D eigenvalue weighted by Gasteiger charge is 1.42. The molecule has 0 heterocycles. The van der Waals surface area contributed by atoms with Crippen molar-refractivity contribution < 1.29 is 0 Å². The minimum Gasteiger partial charge on any atom is -0.107 e. The maximum absolute atomic E-state index is 2.00. The molecule has 4 heavy (non-hydrogen) atoms. The van der Waals surface area contributed by atoms with E-state index in [1.807, 2.05) is 20.9 Å². The standard InChI is InChI=1S/C2H6B.HI/c1-3-2;/h1-2H3;1H. The molecule has 0 nitrogen and oxygen atoms in total. The summed E-state index contributed by atoms with van der Waals surface area (Å²) in [5.74, 6) is 0. The summed E-state index contributed by atoms with van der Waals surface area (Å²) in [6.45, 7) is 4.00. The quantitative estimate of drug-likeness (QED) is 0.379. The molecule has 0 aliphatic rings. The van der Waals surface area contributed by atoms with Gasteiger partial charge in [-0.15, -0.1) is 24.0 Å². The summed E-state index contributed by atoms with van der Waals surface area (Å²) in [6.07, 6.45) is 0.